The Balaban J connectivity index is 1.85. The van der Waals surface area contributed by atoms with Gasteiger partial charge in [0, 0.05) is 31.9 Å². The Kier molecular flexibility index (Phi) is 5.78. The molecular weight excluding hydrogens is 407 g/mol. The van der Waals surface area contributed by atoms with Gasteiger partial charge in [-0.3, -0.25) is 4.79 Å². The van der Waals surface area contributed by atoms with Gasteiger partial charge in [0.2, 0.25) is 0 Å². The van der Waals surface area contributed by atoms with Gasteiger partial charge in [0.1, 0.15) is 5.82 Å². The predicted molar refractivity (Wildman–Crippen MR) is 103 cm³/mol. The molecule has 0 radical (unpaired) electrons. The predicted octanol–water partition coefficient (Wildman–Crippen LogP) is 3.94. The molecule has 0 bridgehead atoms. The van der Waals surface area contributed by atoms with Crippen molar-refractivity contribution in [3.63, 3.8) is 0 Å². The topological polar surface area (TPSA) is 63.1 Å². The summed E-state index contributed by atoms with van der Waals surface area (Å²) in [7, 11) is 3.67. The lowest BCUT2D eigenvalue weighted by Crippen LogP contribution is -2.26. The third-order valence-corrected chi connectivity index (χ3v) is 4.29. The van der Waals surface area contributed by atoms with Gasteiger partial charge in [-0.15, -0.1) is 0 Å². The molecule has 1 amide bonds. The van der Waals surface area contributed by atoms with Crippen molar-refractivity contribution < 1.29 is 18.0 Å². The van der Waals surface area contributed by atoms with E-state index in [1.807, 2.05) is 19.0 Å². The van der Waals surface area contributed by atoms with E-state index in [0.717, 1.165) is 12.0 Å². The second kappa shape index (κ2) is 8.12. The van der Waals surface area contributed by atoms with Crippen molar-refractivity contribution in [1.29, 1.82) is 0 Å². The Morgan fingerprint density at radius 2 is 1.97 bits per heavy atom. The molecule has 0 atom stereocenters. The highest BCUT2D eigenvalue weighted by Gasteiger charge is 2.40. The van der Waals surface area contributed by atoms with Crippen molar-refractivity contribution >= 4 is 23.3 Å². The van der Waals surface area contributed by atoms with Gasteiger partial charge < -0.3 is 10.2 Å². The number of hydrogen-bond acceptors (Lipinski definition) is 4. The first-order chi connectivity index (χ1) is 13.7. The maximum atomic E-state index is 13.7. The van der Waals surface area contributed by atoms with Crippen molar-refractivity contribution in [2.45, 2.75) is 12.7 Å². The number of amides is 1. The van der Waals surface area contributed by atoms with Crippen molar-refractivity contribution in [2.24, 2.45) is 0 Å². The number of benzene rings is 1. The summed E-state index contributed by atoms with van der Waals surface area (Å²) in [5.41, 5.74) is -0.985. The van der Waals surface area contributed by atoms with Crippen LogP contribution in [0.15, 0.2) is 48.8 Å². The summed E-state index contributed by atoms with van der Waals surface area (Å²) in [4.78, 5) is 18.5. The van der Waals surface area contributed by atoms with Gasteiger partial charge in [-0.25, -0.2) is 9.67 Å². The third-order valence-electron chi connectivity index (χ3n) is 4.06. The van der Waals surface area contributed by atoms with E-state index in [-0.39, 0.29) is 17.3 Å². The molecule has 2 heterocycles. The molecule has 10 heteroatoms. The molecule has 3 rings (SSSR count). The van der Waals surface area contributed by atoms with Crippen LogP contribution in [-0.4, -0.2) is 34.8 Å². The molecule has 0 aliphatic heterocycles. The van der Waals surface area contributed by atoms with Crippen LogP contribution >= 0.6 is 11.6 Å². The zero-order valence-electron chi connectivity index (χ0n) is 15.5. The minimum Gasteiger partial charge on any atom is -0.363 e. The van der Waals surface area contributed by atoms with Gasteiger partial charge in [0.15, 0.2) is 5.69 Å². The average molecular weight is 424 g/mol. The molecule has 29 heavy (non-hydrogen) atoms. The maximum absolute atomic E-state index is 13.7. The molecule has 1 aromatic carbocycles. The molecule has 0 unspecified atom stereocenters. The van der Waals surface area contributed by atoms with E-state index in [1.165, 1.54) is 24.3 Å². The van der Waals surface area contributed by atoms with Gasteiger partial charge in [-0.2, -0.15) is 18.3 Å². The van der Waals surface area contributed by atoms with Crippen molar-refractivity contribution in [2.75, 3.05) is 19.0 Å². The number of carbonyl (C=O) groups excluding carboxylic acids is 1. The Morgan fingerprint density at radius 1 is 1.21 bits per heavy atom. The highest BCUT2D eigenvalue weighted by Crippen LogP contribution is 2.34. The fourth-order valence-electron chi connectivity index (χ4n) is 2.65. The normalized spacial score (nSPS) is 11.4. The molecule has 0 spiro atoms. The van der Waals surface area contributed by atoms with Crippen LogP contribution in [0.1, 0.15) is 21.6 Å². The molecule has 152 valence electrons. The molecule has 0 saturated carbocycles. The van der Waals surface area contributed by atoms with Crippen LogP contribution in [0.25, 0.3) is 5.69 Å². The third kappa shape index (κ3) is 4.68. The minimum atomic E-state index is -4.79. The molecule has 0 aliphatic rings. The Hall–Kier alpha value is -3.07. The number of pyridine rings is 1. The molecule has 1 N–H and O–H groups in total. The summed E-state index contributed by atoms with van der Waals surface area (Å²) in [6, 6.07) is 9.29. The lowest BCUT2D eigenvalue weighted by atomic mass is 10.2. The van der Waals surface area contributed by atoms with Crippen molar-refractivity contribution in [3.8, 4) is 5.69 Å². The number of hydrogen-bond donors (Lipinski definition) is 1. The number of alkyl halides is 3. The molecule has 2 aromatic heterocycles. The first kappa shape index (κ1) is 20.7. The second-order valence-corrected chi connectivity index (χ2v) is 6.83. The number of anilines is 1. The second-order valence-electron chi connectivity index (χ2n) is 6.40. The fraction of sp³-hybridized carbons (Fsp3) is 0.211. The molecule has 3 aromatic rings. The number of nitrogens with one attached hydrogen (secondary N) is 1. The largest absolute Gasteiger partial charge is 0.434 e. The average Bonchev–Trinajstić information content (AvgIpc) is 3.12. The summed E-state index contributed by atoms with van der Waals surface area (Å²) < 4.78 is 41.7. The number of halogens is 4. The van der Waals surface area contributed by atoms with E-state index in [0.29, 0.717) is 10.2 Å². The Labute approximate surface area is 169 Å². The summed E-state index contributed by atoms with van der Waals surface area (Å²) in [5.74, 6) is -0.162. The molecule has 6 nitrogen and oxygen atoms in total. The lowest BCUT2D eigenvalue weighted by Gasteiger charge is -2.13. The summed E-state index contributed by atoms with van der Waals surface area (Å²) in [6.45, 7) is 0.0270. The standard InChI is InChI=1S/C19H17ClF3N5O/c1-27(2)16-7-6-12(9-24-16)10-25-18(29)15-11-26-28(17(15)19(21,22)23)14-5-3-4-13(20)8-14/h3-9,11H,10H2,1-2H3,(H,25,29). The van der Waals surface area contributed by atoms with Crippen LogP contribution in [0.3, 0.4) is 0 Å². The number of aromatic nitrogens is 3. The lowest BCUT2D eigenvalue weighted by molar-refractivity contribution is -0.143. The Bertz CT molecular complexity index is 1020. The first-order valence-corrected chi connectivity index (χ1v) is 8.86. The number of rotatable bonds is 5. The van der Waals surface area contributed by atoms with Gasteiger partial charge in [-0.1, -0.05) is 23.7 Å². The van der Waals surface area contributed by atoms with Crippen LogP contribution in [0.4, 0.5) is 19.0 Å². The van der Waals surface area contributed by atoms with Crippen LogP contribution < -0.4 is 10.2 Å². The summed E-state index contributed by atoms with van der Waals surface area (Å²) in [6.07, 6.45) is -2.34. The summed E-state index contributed by atoms with van der Waals surface area (Å²) >= 11 is 5.87. The van der Waals surface area contributed by atoms with Gasteiger partial charge >= 0.3 is 6.18 Å². The zero-order chi connectivity index (χ0) is 21.2. The van der Waals surface area contributed by atoms with Crippen LogP contribution in [0, 0.1) is 0 Å². The smallest absolute Gasteiger partial charge is 0.363 e. The first-order valence-electron chi connectivity index (χ1n) is 8.48. The highest BCUT2D eigenvalue weighted by molar-refractivity contribution is 6.30. The number of carbonyl (C=O) groups is 1. The SMILES string of the molecule is CN(C)c1ccc(CNC(=O)c2cnn(-c3cccc(Cl)c3)c2C(F)(F)F)cn1. The van der Waals surface area contributed by atoms with E-state index in [9.17, 15) is 18.0 Å². The molecule has 0 fully saturated rings. The summed E-state index contributed by atoms with van der Waals surface area (Å²) in [5, 5.41) is 6.50. The quantitative estimate of drug-likeness (QED) is 0.675. The fourth-order valence-corrected chi connectivity index (χ4v) is 2.84. The molecule has 0 aliphatic carbocycles. The van der Waals surface area contributed by atoms with E-state index in [4.69, 9.17) is 11.6 Å². The van der Waals surface area contributed by atoms with Crippen LogP contribution in [0.2, 0.25) is 5.02 Å². The van der Waals surface area contributed by atoms with E-state index in [1.54, 1.807) is 18.3 Å². The Morgan fingerprint density at radius 3 is 2.55 bits per heavy atom. The zero-order valence-corrected chi connectivity index (χ0v) is 16.3. The van der Waals surface area contributed by atoms with E-state index in [2.05, 4.69) is 15.4 Å². The van der Waals surface area contributed by atoms with Gasteiger partial charge in [-0.05, 0) is 29.8 Å². The molecule has 0 saturated heterocycles. The van der Waals surface area contributed by atoms with Crippen molar-refractivity contribution in [3.05, 3.63) is 70.6 Å². The molecular formula is C19H17ClF3N5O. The van der Waals surface area contributed by atoms with E-state index >= 15 is 0 Å². The van der Waals surface area contributed by atoms with Crippen LogP contribution in [-0.2, 0) is 12.7 Å². The van der Waals surface area contributed by atoms with Crippen molar-refractivity contribution in [1.82, 2.24) is 20.1 Å². The van der Waals surface area contributed by atoms with Gasteiger partial charge in [0.05, 0.1) is 17.4 Å². The highest BCUT2D eigenvalue weighted by atomic mass is 35.5. The van der Waals surface area contributed by atoms with Crippen LogP contribution in [0.5, 0.6) is 0 Å². The monoisotopic (exact) mass is 423 g/mol. The number of nitrogens with zero attached hydrogens (tertiary/aromatic N) is 4. The minimum absolute atomic E-state index is 0.0270. The van der Waals surface area contributed by atoms with E-state index < -0.39 is 23.3 Å². The van der Waals surface area contributed by atoms with Gasteiger partial charge in [0.25, 0.3) is 5.91 Å². The maximum Gasteiger partial charge on any atom is 0.434 e.